The SMILES string of the molecule is CC1(C(=O)N2CCC[C@@H](C3=C4C=NC=C[N+]4(N)C(c4ccc(C(=O)Nc5cc(OC6CC6)ccn5)cc4F)=N3)C2)COC1. The van der Waals surface area contributed by atoms with Crippen molar-refractivity contribution >= 4 is 29.7 Å². The van der Waals surface area contributed by atoms with Crippen molar-refractivity contribution in [3.8, 4) is 5.75 Å². The van der Waals surface area contributed by atoms with Crippen molar-refractivity contribution in [2.75, 3.05) is 31.6 Å². The van der Waals surface area contributed by atoms with Crippen LogP contribution in [0.25, 0.3) is 0 Å². The minimum absolute atomic E-state index is 0.0826. The lowest BCUT2D eigenvalue weighted by atomic mass is 9.85. The van der Waals surface area contributed by atoms with Crippen LogP contribution in [-0.4, -0.2) is 70.7 Å². The molecule has 4 aliphatic heterocycles. The minimum Gasteiger partial charge on any atom is -0.490 e. The second-order valence-corrected chi connectivity index (χ2v) is 12.0. The number of nitrogens with two attached hydrogens (primary N) is 1. The van der Waals surface area contributed by atoms with Gasteiger partial charge in [-0.3, -0.25) is 14.6 Å². The van der Waals surface area contributed by atoms with Crippen molar-refractivity contribution in [2.24, 2.45) is 27.2 Å². The van der Waals surface area contributed by atoms with Gasteiger partial charge in [-0.2, -0.15) is 10.8 Å². The molecule has 1 aliphatic carbocycles. The molecular formula is C31H33FN7O4+. The number of allylic oxidation sites excluding steroid dienone is 1. The number of piperidine rings is 1. The van der Waals surface area contributed by atoms with Crippen LogP contribution in [-0.2, 0) is 9.53 Å². The molecule has 2 saturated heterocycles. The lowest BCUT2D eigenvalue weighted by molar-refractivity contribution is -0.750. The van der Waals surface area contributed by atoms with Crippen LogP contribution in [0.1, 0.15) is 48.5 Å². The highest BCUT2D eigenvalue weighted by molar-refractivity contribution is 6.05. The van der Waals surface area contributed by atoms with Crippen LogP contribution in [0.5, 0.6) is 5.75 Å². The normalized spacial score (nSPS) is 25.6. The van der Waals surface area contributed by atoms with Crippen molar-refractivity contribution in [2.45, 2.75) is 38.7 Å². The maximum atomic E-state index is 15.8. The van der Waals surface area contributed by atoms with E-state index in [0.29, 0.717) is 49.3 Å². The number of carbonyl (C=O) groups excluding carboxylic acids is 2. The van der Waals surface area contributed by atoms with Gasteiger partial charge in [-0.1, -0.05) is 0 Å². The fourth-order valence-electron chi connectivity index (χ4n) is 5.94. The molecular weight excluding hydrogens is 553 g/mol. The van der Waals surface area contributed by atoms with Crippen molar-refractivity contribution in [3.63, 3.8) is 0 Å². The van der Waals surface area contributed by atoms with Gasteiger partial charge >= 0.3 is 0 Å². The third-order valence-corrected chi connectivity index (χ3v) is 8.55. The average molecular weight is 587 g/mol. The second-order valence-electron chi connectivity index (χ2n) is 12.0. The zero-order valence-corrected chi connectivity index (χ0v) is 23.8. The number of benzene rings is 1. The number of quaternary nitrogens is 1. The number of nitrogens with zero attached hydrogens (tertiary/aromatic N) is 5. The molecule has 2 aromatic rings. The van der Waals surface area contributed by atoms with Crippen molar-refractivity contribution in [3.05, 3.63) is 77.3 Å². The minimum atomic E-state index is -0.636. The van der Waals surface area contributed by atoms with E-state index in [0.717, 1.165) is 25.7 Å². The zero-order chi connectivity index (χ0) is 29.8. The maximum Gasteiger partial charge on any atom is 0.267 e. The van der Waals surface area contributed by atoms with E-state index >= 15 is 4.39 Å². The van der Waals surface area contributed by atoms with E-state index in [1.807, 2.05) is 11.8 Å². The van der Waals surface area contributed by atoms with E-state index in [1.165, 1.54) is 18.2 Å². The highest BCUT2D eigenvalue weighted by Gasteiger charge is 2.49. The number of pyridine rings is 1. The highest BCUT2D eigenvalue weighted by Crippen LogP contribution is 2.39. The molecule has 5 heterocycles. The monoisotopic (exact) mass is 586 g/mol. The number of likely N-dealkylation sites (tertiary alicyclic amines) is 1. The summed E-state index contributed by atoms with van der Waals surface area (Å²) in [6.07, 6.45) is 10.3. The average Bonchev–Trinajstić information content (AvgIpc) is 3.75. The highest BCUT2D eigenvalue weighted by atomic mass is 19.1. The van der Waals surface area contributed by atoms with E-state index in [-0.39, 0.29) is 39.5 Å². The fraction of sp³-hybridized carbons (Fsp3) is 0.387. The van der Waals surface area contributed by atoms with E-state index in [9.17, 15) is 9.59 Å². The Bertz CT molecular complexity index is 1630. The molecule has 11 nitrogen and oxygen atoms in total. The molecule has 222 valence electrons. The molecule has 1 aromatic heterocycles. The van der Waals surface area contributed by atoms with Crippen LogP contribution < -0.4 is 15.9 Å². The lowest BCUT2D eigenvalue weighted by Gasteiger charge is -2.42. The van der Waals surface area contributed by atoms with Gasteiger partial charge in [-0.15, -0.1) is 4.59 Å². The second kappa shape index (κ2) is 10.5. The Balaban J connectivity index is 1.13. The van der Waals surface area contributed by atoms with Crippen LogP contribution in [0, 0.1) is 17.2 Å². The molecule has 5 aliphatic rings. The lowest BCUT2D eigenvalue weighted by Crippen LogP contribution is -2.55. The Hall–Kier alpha value is -4.26. The number of halogens is 1. The molecule has 7 rings (SSSR count). The summed E-state index contributed by atoms with van der Waals surface area (Å²) in [6.45, 7) is 3.94. The van der Waals surface area contributed by atoms with Gasteiger partial charge < -0.3 is 19.7 Å². The fourth-order valence-corrected chi connectivity index (χ4v) is 5.94. The summed E-state index contributed by atoms with van der Waals surface area (Å²) in [5, 5.41) is 2.71. The van der Waals surface area contributed by atoms with E-state index < -0.39 is 17.1 Å². The topological polar surface area (TPSA) is 132 Å². The van der Waals surface area contributed by atoms with Crippen LogP contribution in [0.15, 0.2) is 70.3 Å². The Kier molecular flexibility index (Phi) is 6.71. The predicted molar refractivity (Wildman–Crippen MR) is 156 cm³/mol. The first-order valence-electron chi connectivity index (χ1n) is 14.6. The molecule has 3 N–H and O–H groups in total. The number of amides is 2. The first-order valence-corrected chi connectivity index (χ1v) is 14.6. The Morgan fingerprint density at radius 3 is 2.79 bits per heavy atom. The number of aromatic nitrogens is 1. The standard InChI is InChI=1S/C31H32FN7O4/c1-31(17-42-18-31)30(41)38-11-2-3-20(16-38)27-25-15-34-10-12-39(25,33)28(37-27)23-7-4-19(13-24(23)32)29(40)36-26-14-22(8-9-35-26)43-21-5-6-21/h4,7-10,12-15,20-21H,2-3,5-6,11,16-18,33H2,1H3/p+1/t20-,39?/m1/s1. The van der Waals surface area contributed by atoms with Gasteiger partial charge in [0.1, 0.15) is 29.3 Å². The number of aliphatic imine (C=N–C) groups is 2. The van der Waals surface area contributed by atoms with Gasteiger partial charge in [-0.25, -0.2) is 9.37 Å². The number of hydrogen-bond donors (Lipinski definition) is 2. The van der Waals surface area contributed by atoms with Crippen LogP contribution >= 0.6 is 0 Å². The number of carbonyl (C=O) groups is 2. The van der Waals surface area contributed by atoms with Gasteiger partial charge in [0.25, 0.3) is 11.7 Å². The summed E-state index contributed by atoms with van der Waals surface area (Å²) in [5.41, 5.74) is 1.13. The molecule has 1 unspecified atom stereocenters. The van der Waals surface area contributed by atoms with Gasteiger partial charge in [0.15, 0.2) is 0 Å². The number of fused-ring (bicyclic) bond motifs is 1. The summed E-state index contributed by atoms with van der Waals surface area (Å²) >= 11 is 0. The van der Waals surface area contributed by atoms with Crippen molar-refractivity contribution in [1.82, 2.24) is 9.88 Å². The zero-order valence-electron chi connectivity index (χ0n) is 23.8. The van der Waals surface area contributed by atoms with Crippen molar-refractivity contribution in [1.29, 1.82) is 0 Å². The largest absolute Gasteiger partial charge is 0.490 e. The summed E-state index contributed by atoms with van der Waals surface area (Å²) in [5.74, 6) is 6.94. The van der Waals surface area contributed by atoms with E-state index in [1.54, 1.807) is 36.9 Å². The smallest absolute Gasteiger partial charge is 0.267 e. The third kappa shape index (κ3) is 5.05. The molecule has 0 radical (unpaired) electrons. The molecule has 1 aromatic carbocycles. The Morgan fingerprint density at radius 1 is 1.21 bits per heavy atom. The third-order valence-electron chi connectivity index (χ3n) is 8.55. The number of amidine groups is 1. The predicted octanol–water partition coefficient (Wildman–Crippen LogP) is 3.51. The molecule has 2 amide bonds. The summed E-state index contributed by atoms with van der Waals surface area (Å²) in [7, 11) is 0. The number of hydrogen-bond acceptors (Lipinski definition) is 8. The molecule has 0 spiro atoms. The summed E-state index contributed by atoms with van der Waals surface area (Å²) < 4.78 is 26.5. The molecule has 43 heavy (non-hydrogen) atoms. The molecule has 3 fully saturated rings. The number of nitrogens with one attached hydrogen (secondary N) is 1. The number of ether oxygens (including phenoxy) is 2. The summed E-state index contributed by atoms with van der Waals surface area (Å²) in [6, 6.07) is 7.61. The van der Waals surface area contributed by atoms with Crippen LogP contribution in [0.3, 0.4) is 0 Å². The van der Waals surface area contributed by atoms with Gasteiger partial charge in [0, 0.05) is 36.8 Å². The molecule has 1 saturated carbocycles. The van der Waals surface area contributed by atoms with E-state index in [4.69, 9.17) is 20.3 Å². The van der Waals surface area contributed by atoms with Crippen molar-refractivity contribution < 1.29 is 28.0 Å². The maximum absolute atomic E-state index is 15.8. The Labute approximate surface area is 248 Å². The quantitative estimate of drug-likeness (QED) is 0.377. The van der Waals surface area contributed by atoms with Gasteiger partial charge in [0.2, 0.25) is 11.6 Å². The summed E-state index contributed by atoms with van der Waals surface area (Å²) in [4.78, 5) is 41.5. The Morgan fingerprint density at radius 2 is 2.05 bits per heavy atom. The van der Waals surface area contributed by atoms with E-state index in [2.05, 4.69) is 15.3 Å². The van der Waals surface area contributed by atoms with Crippen LogP contribution in [0.2, 0.25) is 0 Å². The molecule has 12 heteroatoms. The number of rotatable bonds is 7. The van der Waals surface area contributed by atoms with Gasteiger partial charge in [0.05, 0.1) is 42.7 Å². The first kappa shape index (κ1) is 27.6. The van der Waals surface area contributed by atoms with Gasteiger partial charge in [-0.05, 0) is 56.9 Å². The number of anilines is 1. The molecule has 2 atom stereocenters. The first-order chi connectivity index (χ1) is 20.7. The van der Waals surface area contributed by atoms with Crippen LogP contribution in [0.4, 0.5) is 10.2 Å². The molecule has 0 bridgehead atoms.